The molecule has 4 atom stereocenters. The molecular weight excluding hydrogens is 244 g/mol. The van der Waals surface area contributed by atoms with Gasteiger partial charge in [0, 0.05) is 18.3 Å². The molecule has 4 heteroatoms. The van der Waals surface area contributed by atoms with Crippen molar-refractivity contribution in [1.82, 2.24) is 0 Å². The van der Waals surface area contributed by atoms with Crippen LogP contribution in [0.5, 0.6) is 0 Å². The van der Waals surface area contributed by atoms with Gasteiger partial charge in [0.25, 0.3) is 0 Å². The lowest BCUT2D eigenvalue weighted by Crippen LogP contribution is -2.39. The summed E-state index contributed by atoms with van der Waals surface area (Å²) in [7, 11) is 0. The zero-order valence-corrected chi connectivity index (χ0v) is 10.5. The highest BCUT2D eigenvalue weighted by atomic mass is 16.6. The van der Waals surface area contributed by atoms with Crippen LogP contribution in [0.1, 0.15) is 24.8 Å². The van der Waals surface area contributed by atoms with Gasteiger partial charge < -0.3 is 4.74 Å². The van der Waals surface area contributed by atoms with Crippen LogP contribution >= 0.6 is 0 Å². The van der Waals surface area contributed by atoms with E-state index in [1.54, 1.807) is 0 Å². The summed E-state index contributed by atoms with van der Waals surface area (Å²) >= 11 is 0. The molecule has 0 amide bonds. The lowest BCUT2D eigenvalue weighted by Gasteiger charge is -2.34. The number of carbonyl (C=O) groups is 3. The molecule has 0 aromatic heterocycles. The highest BCUT2D eigenvalue weighted by molar-refractivity contribution is 6.01. The Hall–Kier alpha value is -1.97. The van der Waals surface area contributed by atoms with Crippen LogP contribution in [0.25, 0.3) is 0 Å². The van der Waals surface area contributed by atoms with Crippen LogP contribution in [0.3, 0.4) is 0 Å². The molecule has 1 aliphatic heterocycles. The first-order valence-corrected chi connectivity index (χ1v) is 6.43. The normalized spacial score (nSPS) is 34.1. The largest absolute Gasteiger partial charge is 0.393 e. The monoisotopic (exact) mass is 258 g/mol. The summed E-state index contributed by atoms with van der Waals surface area (Å²) in [6, 6.07) is 9.42. The number of fused-ring (bicyclic) bond motifs is 1. The second-order valence-electron chi connectivity index (χ2n) is 5.27. The van der Waals surface area contributed by atoms with E-state index in [0.717, 1.165) is 5.56 Å². The van der Waals surface area contributed by atoms with E-state index in [9.17, 15) is 14.4 Å². The van der Waals surface area contributed by atoms with Crippen LogP contribution in [0.15, 0.2) is 30.3 Å². The Labute approximate surface area is 110 Å². The van der Waals surface area contributed by atoms with Crippen LogP contribution in [0, 0.1) is 17.8 Å². The first kappa shape index (κ1) is 12.1. The average molecular weight is 258 g/mol. The summed E-state index contributed by atoms with van der Waals surface area (Å²) in [4.78, 5) is 35.6. The molecule has 19 heavy (non-hydrogen) atoms. The van der Waals surface area contributed by atoms with E-state index in [1.165, 1.54) is 0 Å². The Bertz CT molecular complexity index is 549. The Morgan fingerprint density at radius 1 is 1.00 bits per heavy atom. The topological polar surface area (TPSA) is 60.4 Å². The molecule has 0 spiro atoms. The molecule has 0 unspecified atom stereocenters. The summed E-state index contributed by atoms with van der Waals surface area (Å²) in [6.07, 6.45) is 0.125. The molecule has 1 heterocycles. The van der Waals surface area contributed by atoms with Crippen molar-refractivity contribution in [3.8, 4) is 0 Å². The fourth-order valence-corrected chi connectivity index (χ4v) is 3.25. The Kier molecular flexibility index (Phi) is 2.73. The van der Waals surface area contributed by atoms with Crippen molar-refractivity contribution in [2.45, 2.75) is 19.3 Å². The molecular formula is C15H14O4. The van der Waals surface area contributed by atoms with Gasteiger partial charge in [-0.25, -0.2) is 0 Å². The molecule has 0 bridgehead atoms. The van der Waals surface area contributed by atoms with E-state index >= 15 is 0 Å². The van der Waals surface area contributed by atoms with E-state index in [2.05, 4.69) is 0 Å². The maximum Gasteiger partial charge on any atom is 0.318 e. The predicted molar refractivity (Wildman–Crippen MR) is 66.1 cm³/mol. The van der Waals surface area contributed by atoms with Gasteiger partial charge in [0.2, 0.25) is 0 Å². The van der Waals surface area contributed by atoms with Crippen molar-refractivity contribution < 1.29 is 19.1 Å². The molecule has 3 rings (SSSR count). The molecule has 2 fully saturated rings. The number of rotatable bonds is 1. The SMILES string of the molecule is C[C@@H]1C(=O)C[C@@H]2C(=O)OC(=O)[C@H]2[C@H]1c1ccccc1. The third-order valence-electron chi connectivity index (χ3n) is 4.25. The minimum Gasteiger partial charge on any atom is -0.393 e. The van der Waals surface area contributed by atoms with Crippen LogP contribution < -0.4 is 0 Å². The van der Waals surface area contributed by atoms with Gasteiger partial charge in [-0.3, -0.25) is 14.4 Å². The number of hydrogen-bond acceptors (Lipinski definition) is 4. The van der Waals surface area contributed by atoms with Gasteiger partial charge in [-0.1, -0.05) is 37.3 Å². The van der Waals surface area contributed by atoms with E-state index in [-0.39, 0.29) is 24.0 Å². The fraction of sp³-hybridized carbons (Fsp3) is 0.400. The number of hydrogen-bond donors (Lipinski definition) is 0. The van der Waals surface area contributed by atoms with Crippen LogP contribution in [-0.2, 0) is 19.1 Å². The zero-order chi connectivity index (χ0) is 13.6. The summed E-state index contributed by atoms with van der Waals surface area (Å²) in [6.45, 7) is 1.83. The lowest BCUT2D eigenvalue weighted by molar-refractivity contribution is -0.154. The molecule has 1 aliphatic carbocycles. The fourth-order valence-electron chi connectivity index (χ4n) is 3.25. The quantitative estimate of drug-likeness (QED) is 0.568. The van der Waals surface area contributed by atoms with Gasteiger partial charge >= 0.3 is 11.9 Å². The number of benzene rings is 1. The van der Waals surface area contributed by atoms with Gasteiger partial charge in [0.15, 0.2) is 0 Å². The lowest BCUT2D eigenvalue weighted by atomic mass is 9.65. The van der Waals surface area contributed by atoms with Crippen molar-refractivity contribution in [1.29, 1.82) is 0 Å². The second kappa shape index (κ2) is 4.30. The van der Waals surface area contributed by atoms with E-state index in [4.69, 9.17) is 4.74 Å². The smallest absolute Gasteiger partial charge is 0.318 e. The Morgan fingerprint density at radius 2 is 1.68 bits per heavy atom. The van der Waals surface area contributed by atoms with Gasteiger partial charge in [-0.2, -0.15) is 0 Å². The average Bonchev–Trinajstić information content (AvgIpc) is 2.67. The first-order chi connectivity index (χ1) is 9.09. The van der Waals surface area contributed by atoms with Gasteiger partial charge in [0.1, 0.15) is 5.78 Å². The van der Waals surface area contributed by atoms with Gasteiger partial charge in [-0.15, -0.1) is 0 Å². The van der Waals surface area contributed by atoms with Crippen molar-refractivity contribution in [3.05, 3.63) is 35.9 Å². The summed E-state index contributed by atoms with van der Waals surface area (Å²) in [5.74, 6) is -2.63. The molecule has 1 aromatic carbocycles. The van der Waals surface area contributed by atoms with Crippen molar-refractivity contribution in [3.63, 3.8) is 0 Å². The number of carbonyl (C=O) groups excluding carboxylic acids is 3. The molecule has 98 valence electrons. The van der Waals surface area contributed by atoms with E-state index < -0.39 is 23.8 Å². The number of cyclic esters (lactones) is 2. The molecule has 1 aromatic rings. The third kappa shape index (κ3) is 1.79. The number of Topliss-reactive ketones (excluding diaryl/α,β-unsaturated/α-hetero) is 1. The number of ketones is 1. The molecule has 1 saturated carbocycles. The van der Waals surface area contributed by atoms with Crippen LogP contribution in [-0.4, -0.2) is 17.7 Å². The summed E-state index contributed by atoms with van der Waals surface area (Å²) < 4.78 is 4.73. The van der Waals surface area contributed by atoms with Crippen molar-refractivity contribution in [2.24, 2.45) is 17.8 Å². The van der Waals surface area contributed by atoms with E-state index in [1.807, 2.05) is 37.3 Å². The highest BCUT2D eigenvalue weighted by Crippen LogP contribution is 2.47. The Balaban J connectivity index is 2.06. The zero-order valence-electron chi connectivity index (χ0n) is 10.5. The standard InChI is InChI=1S/C15H14O4/c1-8-11(16)7-10-13(15(18)19-14(10)17)12(8)9-5-3-2-4-6-9/h2-6,8,10,12-13H,7H2,1H3/t8-,10+,12-,13-/m1/s1. The third-order valence-corrected chi connectivity index (χ3v) is 4.25. The number of esters is 2. The maximum absolute atomic E-state index is 12.1. The molecule has 2 aliphatic rings. The number of ether oxygens (including phenoxy) is 1. The van der Waals surface area contributed by atoms with Crippen LogP contribution in [0.4, 0.5) is 0 Å². The second-order valence-corrected chi connectivity index (χ2v) is 5.27. The van der Waals surface area contributed by atoms with E-state index in [0.29, 0.717) is 0 Å². The molecule has 0 radical (unpaired) electrons. The molecule has 0 N–H and O–H groups in total. The minimum atomic E-state index is -0.596. The summed E-state index contributed by atoms with van der Waals surface area (Å²) in [5, 5.41) is 0. The van der Waals surface area contributed by atoms with Gasteiger partial charge in [0.05, 0.1) is 11.8 Å². The minimum absolute atomic E-state index is 0.0294. The van der Waals surface area contributed by atoms with Crippen LogP contribution in [0.2, 0.25) is 0 Å². The summed E-state index contributed by atoms with van der Waals surface area (Å²) in [5.41, 5.74) is 0.921. The molecule has 1 saturated heterocycles. The molecule has 4 nitrogen and oxygen atoms in total. The maximum atomic E-state index is 12.1. The van der Waals surface area contributed by atoms with Crippen molar-refractivity contribution >= 4 is 17.7 Å². The van der Waals surface area contributed by atoms with Gasteiger partial charge in [-0.05, 0) is 5.56 Å². The Morgan fingerprint density at radius 3 is 2.37 bits per heavy atom. The predicted octanol–water partition coefficient (Wildman–Crippen LogP) is 1.69. The highest BCUT2D eigenvalue weighted by Gasteiger charge is 2.55. The first-order valence-electron chi connectivity index (χ1n) is 6.43. The van der Waals surface area contributed by atoms with Crippen molar-refractivity contribution in [2.75, 3.05) is 0 Å².